The summed E-state index contributed by atoms with van der Waals surface area (Å²) in [6.45, 7) is 0.731. The molecule has 0 fully saturated rings. The first-order valence-electron chi connectivity index (χ1n) is 8.24. The molecule has 8 heteroatoms. The van der Waals surface area contributed by atoms with Crippen molar-refractivity contribution in [3.05, 3.63) is 58.2 Å². The van der Waals surface area contributed by atoms with Crippen molar-refractivity contribution in [2.24, 2.45) is 0 Å². The van der Waals surface area contributed by atoms with E-state index in [4.69, 9.17) is 16.3 Å². The summed E-state index contributed by atoms with van der Waals surface area (Å²) in [6.07, 6.45) is 1.79. The van der Waals surface area contributed by atoms with Gasteiger partial charge in [0.1, 0.15) is 11.1 Å². The highest BCUT2D eigenvalue weighted by atomic mass is 35.5. The molecule has 2 aromatic rings. The van der Waals surface area contributed by atoms with E-state index >= 15 is 0 Å². The summed E-state index contributed by atoms with van der Waals surface area (Å²) < 4.78 is 30.8. The third kappa shape index (κ3) is 4.48. The van der Waals surface area contributed by atoms with E-state index in [-0.39, 0.29) is 10.9 Å². The fourth-order valence-electron chi connectivity index (χ4n) is 3.08. The van der Waals surface area contributed by atoms with Gasteiger partial charge in [-0.15, -0.1) is 0 Å². The molecule has 0 aliphatic carbocycles. The van der Waals surface area contributed by atoms with E-state index in [2.05, 4.69) is 4.98 Å². The molecule has 1 unspecified atom stereocenters. The summed E-state index contributed by atoms with van der Waals surface area (Å²) in [5.41, 5.74) is 2.45. The summed E-state index contributed by atoms with van der Waals surface area (Å²) in [4.78, 5) is 29.0. The van der Waals surface area contributed by atoms with Crippen LogP contribution in [-0.4, -0.2) is 34.5 Å². The number of hydrogen-bond acceptors (Lipinski definition) is 5. The molecular formula is C19H17ClF2N2O3. The van der Waals surface area contributed by atoms with E-state index in [0.29, 0.717) is 24.9 Å². The lowest BCUT2D eigenvalue weighted by molar-refractivity contribution is -0.133. The number of fused-ring (bicyclic) bond motifs is 1. The maximum atomic E-state index is 12.9. The fraction of sp³-hybridized carbons (Fsp3) is 0.316. The largest absolute Gasteiger partial charge is 0.470 e. The van der Waals surface area contributed by atoms with Crippen LogP contribution in [0.1, 0.15) is 29.7 Å². The van der Waals surface area contributed by atoms with Gasteiger partial charge in [-0.2, -0.15) is 0 Å². The molecule has 0 saturated carbocycles. The second kappa shape index (κ2) is 7.70. The third-order valence-corrected chi connectivity index (χ3v) is 4.46. The lowest BCUT2D eigenvalue weighted by Crippen LogP contribution is -2.28. The van der Waals surface area contributed by atoms with Crippen molar-refractivity contribution >= 4 is 23.7 Å². The third-order valence-electron chi connectivity index (χ3n) is 4.19. The summed E-state index contributed by atoms with van der Waals surface area (Å²) >= 11 is 6.09. The van der Waals surface area contributed by atoms with Crippen LogP contribution in [0.3, 0.4) is 0 Å². The molecule has 1 aliphatic heterocycles. The first-order valence-corrected chi connectivity index (χ1v) is 8.62. The molecule has 0 saturated heterocycles. The van der Waals surface area contributed by atoms with Gasteiger partial charge in [-0.1, -0.05) is 35.9 Å². The van der Waals surface area contributed by atoms with Gasteiger partial charge in [-0.05, 0) is 22.8 Å². The maximum Gasteiger partial charge on any atom is 0.278 e. The molecule has 1 aromatic heterocycles. The van der Waals surface area contributed by atoms with Crippen LogP contribution in [0.15, 0.2) is 36.5 Å². The molecule has 3 rings (SSSR count). The number of Topliss-reactive ketones (excluding diaryl/α,β-unsaturated/α-hetero) is 1. The Bertz CT molecular complexity index is 870. The molecule has 27 heavy (non-hydrogen) atoms. The fourth-order valence-corrected chi connectivity index (χ4v) is 3.33. The monoisotopic (exact) mass is 394 g/mol. The number of benzene rings is 1. The molecule has 0 radical (unpaired) electrons. The number of aromatic nitrogens is 1. The van der Waals surface area contributed by atoms with Gasteiger partial charge < -0.3 is 4.74 Å². The quantitative estimate of drug-likeness (QED) is 0.530. The zero-order chi connectivity index (χ0) is 19.6. The van der Waals surface area contributed by atoms with Gasteiger partial charge in [0.25, 0.3) is 5.92 Å². The van der Waals surface area contributed by atoms with E-state index in [0.717, 1.165) is 18.1 Å². The normalized spacial score (nSPS) is 16.8. The Morgan fingerprint density at radius 3 is 2.85 bits per heavy atom. The number of alkyl halides is 2. The minimum absolute atomic E-state index is 0.0767. The minimum Gasteiger partial charge on any atom is -0.470 e. The first kappa shape index (κ1) is 19.4. The highest BCUT2D eigenvalue weighted by Gasteiger charge is 2.35. The van der Waals surface area contributed by atoms with Gasteiger partial charge in [0.2, 0.25) is 11.7 Å². The highest BCUT2D eigenvalue weighted by Crippen LogP contribution is 2.35. The molecule has 1 atom stereocenters. The van der Waals surface area contributed by atoms with Crippen LogP contribution >= 0.6 is 11.6 Å². The van der Waals surface area contributed by atoms with Gasteiger partial charge in [-0.3, -0.25) is 14.5 Å². The average molecular weight is 395 g/mol. The molecule has 0 N–H and O–H groups in total. The Kier molecular flexibility index (Phi) is 5.53. The van der Waals surface area contributed by atoms with Gasteiger partial charge >= 0.3 is 0 Å². The number of nitrogens with zero attached hydrogens (tertiary/aromatic N) is 2. The number of carbonyl (C=O) groups excluding carboxylic acids is 2. The Balaban J connectivity index is 1.77. The van der Waals surface area contributed by atoms with E-state index in [1.165, 1.54) is 6.20 Å². The van der Waals surface area contributed by atoms with Crippen molar-refractivity contribution in [1.82, 2.24) is 9.88 Å². The predicted molar refractivity (Wildman–Crippen MR) is 94.9 cm³/mol. The molecule has 2 heterocycles. The van der Waals surface area contributed by atoms with Crippen LogP contribution in [0.4, 0.5) is 8.78 Å². The number of halogens is 3. The number of ether oxygens (including phenoxy) is 1. The number of pyridine rings is 1. The number of hydrogen-bond donors (Lipinski definition) is 0. The van der Waals surface area contributed by atoms with Crippen LogP contribution in [0.25, 0.3) is 0 Å². The Hall–Kier alpha value is -2.38. The summed E-state index contributed by atoms with van der Waals surface area (Å²) in [7, 11) is 0. The Morgan fingerprint density at radius 1 is 1.44 bits per heavy atom. The molecule has 1 aromatic carbocycles. The molecule has 1 aliphatic rings. The van der Waals surface area contributed by atoms with Crippen LogP contribution in [0.5, 0.6) is 5.88 Å². The zero-order valence-electron chi connectivity index (χ0n) is 14.5. The number of rotatable bonds is 7. The second-order valence-electron chi connectivity index (χ2n) is 6.52. The Labute approximate surface area is 159 Å². The summed E-state index contributed by atoms with van der Waals surface area (Å²) in [6, 6.07) is 8.33. The molecule has 5 nitrogen and oxygen atoms in total. The van der Waals surface area contributed by atoms with E-state index in [9.17, 15) is 18.4 Å². The standard InChI is InChI=1S/C19H17ClF2N2O3/c1-19(21,22)11-27-18-15(20)6-12(7-23-18)8-24-9-13-4-2-3-5-14(13)17(24)16(26)10-25/h2-7,10,17H,8-9,11H2,1H3. The SMILES string of the molecule is CC(F)(F)COc1ncc(CN2Cc3ccccc3C2C(=O)C=O)cc1Cl. The van der Waals surface area contributed by atoms with Gasteiger partial charge in [0.15, 0.2) is 12.9 Å². The van der Waals surface area contributed by atoms with Crippen molar-refractivity contribution in [3.8, 4) is 5.88 Å². The van der Waals surface area contributed by atoms with E-state index in [1.54, 1.807) is 6.07 Å². The highest BCUT2D eigenvalue weighted by molar-refractivity contribution is 6.31. The summed E-state index contributed by atoms with van der Waals surface area (Å²) in [5.74, 6) is -3.59. The average Bonchev–Trinajstić information content (AvgIpc) is 2.97. The van der Waals surface area contributed by atoms with Crippen LogP contribution < -0.4 is 4.74 Å². The van der Waals surface area contributed by atoms with Crippen molar-refractivity contribution in [3.63, 3.8) is 0 Å². The predicted octanol–water partition coefficient (Wildman–Crippen LogP) is 3.59. The Morgan fingerprint density at radius 2 is 2.19 bits per heavy atom. The molecule has 0 amide bonds. The number of aldehydes is 1. The zero-order valence-corrected chi connectivity index (χ0v) is 15.2. The van der Waals surface area contributed by atoms with Gasteiger partial charge in [0.05, 0.1) is 0 Å². The minimum atomic E-state index is -2.99. The lowest BCUT2D eigenvalue weighted by atomic mass is 10.0. The van der Waals surface area contributed by atoms with Crippen LogP contribution in [-0.2, 0) is 22.7 Å². The number of ketones is 1. The molecule has 0 spiro atoms. The lowest BCUT2D eigenvalue weighted by Gasteiger charge is -2.22. The van der Waals surface area contributed by atoms with Crippen molar-refractivity contribution in [2.45, 2.75) is 32.0 Å². The van der Waals surface area contributed by atoms with Crippen molar-refractivity contribution in [2.75, 3.05) is 6.61 Å². The molecular weight excluding hydrogens is 378 g/mol. The smallest absolute Gasteiger partial charge is 0.278 e. The molecule has 142 valence electrons. The second-order valence-corrected chi connectivity index (χ2v) is 6.92. The van der Waals surface area contributed by atoms with E-state index in [1.807, 2.05) is 29.2 Å². The van der Waals surface area contributed by atoms with Crippen molar-refractivity contribution < 1.29 is 23.1 Å². The molecule has 0 bridgehead atoms. The van der Waals surface area contributed by atoms with Gasteiger partial charge in [-0.25, -0.2) is 13.8 Å². The van der Waals surface area contributed by atoms with Crippen molar-refractivity contribution in [1.29, 1.82) is 0 Å². The van der Waals surface area contributed by atoms with Crippen LogP contribution in [0, 0.1) is 0 Å². The van der Waals surface area contributed by atoms with Crippen LogP contribution in [0.2, 0.25) is 5.02 Å². The van der Waals surface area contributed by atoms with Gasteiger partial charge in [0, 0.05) is 26.2 Å². The maximum absolute atomic E-state index is 12.9. The first-order chi connectivity index (χ1) is 12.8. The van der Waals surface area contributed by atoms with E-state index < -0.39 is 24.4 Å². The summed E-state index contributed by atoms with van der Waals surface area (Å²) in [5, 5.41) is 0.103. The number of carbonyl (C=O) groups is 2. The topological polar surface area (TPSA) is 59.5 Å².